The van der Waals surface area contributed by atoms with E-state index < -0.39 is 18.4 Å². The standard InChI is InChI=1S/C41H63N7O8.C31H47N5O4.C2H5N3.CH3F.CH4/c1-5-55-38(50)29-33(13-8-6-7-9-15-35-19-18-32-14-12-22-48(39(32)46-35)40(51)56-41(2,3)4)34-30-43-37(44-31-34)17-11-10-16-36(49)20-23-52-25-27-54-28-26-53-24-21-45-47-42;1-5-39-28(37)20-24(25-21-33-27(34-22-25)15-10-18-32)12-8-6-7-9-14-26-17-16-23-13-11-19-36(29(23)35-26)30(38)40-31(2,3)4;1-2-4-5-3;1-2;/h18-19,30-31,33H,5-17,20-29H2,1-4H3;16-17,21-22,24H,5-15,18-20,32H2,1-4H3;2H2,1H3;1H3;1H4/t33-;24-;;;/m00.../s1/i;;;1D;. The highest BCUT2D eigenvalue weighted by atomic mass is 19.1. The molecule has 0 radical (unpaired) electrons. The zero-order chi connectivity index (χ0) is 76.2. The highest BCUT2D eigenvalue weighted by Gasteiger charge is 2.31. The number of amides is 2. The number of nitrogens with two attached hydrogens (primary N) is 1. The van der Waals surface area contributed by atoms with Crippen LogP contribution >= 0.6 is 0 Å². The average molecular weight is 1460 g/mol. The van der Waals surface area contributed by atoms with Crippen LogP contribution in [0, 0.1) is 0 Å². The lowest BCUT2D eigenvalue weighted by molar-refractivity contribution is -0.144. The topological polar surface area (TPSA) is 357 Å². The number of halogens is 1. The average Bonchev–Trinajstić information content (AvgIpc) is 0.819. The zero-order valence-corrected chi connectivity index (χ0v) is 63.0. The molecule has 0 saturated heterocycles. The van der Waals surface area contributed by atoms with Crippen LogP contribution in [0.25, 0.3) is 20.9 Å². The third-order valence-corrected chi connectivity index (χ3v) is 16.3. The van der Waals surface area contributed by atoms with Crippen molar-refractivity contribution in [2.24, 2.45) is 16.0 Å². The Morgan fingerprint density at radius 3 is 1.39 bits per heavy atom. The highest BCUT2D eigenvalue weighted by molar-refractivity contribution is 5.89. The summed E-state index contributed by atoms with van der Waals surface area (Å²) < 4.78 is 53.4. The fourth-order valence-corrected chi connectivity index (χ4v) is 11.3. The molecule has 0 unspecified atom stereocenters. The van der Waals surface area contributed by atoms with Crippen molar-refractivity contribution in [2.75, 3.05) is 103 Å². The molecule has 0 fully saturated rings. The molecule has 28 heteroatoms. The predicted molar refractivity (Wildman–Crippen MR) is 402 cm³/mol. The number of nitrogens with zero attached hydrogens (tertiary/aromatic N) is 14. The molecule has 580 valence electrons. The van der Waals surface area contributed by atoms with Crippen LogP contribution in [0.1, 0.15) is 250 Å². The van der Waals surface area contributed by atoms with Crippen LogP contribution in [-0.2, 0) is 86.1 Å². The number of carbonyl (C=O) groups excluding carboxylic acids is 5. The van der Waals surface area contributed by atoms with Crippen LogP contribution in [0.3, 0.4) is 0 Å². The molecule has 0 saturated carbocycles. The van der Waals surface area contributed by atoms with Gasteiger partial charge in [-0.3, -0.25) is 28.6 Å². The van der Waals surface area contributed by atoms with Crippen molar-refractivity contribution in [3.8, 4) is 0 Å². The van der Waals surface area contributed by atoms with Gasteiger partial charge >= 0.3 is 24.1 Å². The van der Waals surface area contributed by atoms with Gasteiger partial charge in [0.2, 0.25) is 0 Å². The van der Waals surface area contributed by atoms with Gasteiger partial charge in [-0.25, -0.2) is 39.5 Å². The number of fused-ring (bicyclic) bond motifs is 2. The number of hydrogen-bond donors (Lipinski definition) is 1. The van der Waals surface area contributed by atoms with Gasteiger partial charge in [-0.05, 0) is 203 Å². The minimum absolute atomic E-state index is 0. The van der Waals surface area contributed by atoms with Gasteiger partial charge in [0.25, 0.3) is 0 Å². The molecular weight excluding hydrogens is 1330 g/mol. The minimum Gasteiger partial charge on any atom is -0.466 e. The normalized spacial score (nSPS) is 12.9. The number of rotatable bonds is 43. The first kappa shape index (κ1) is 90.2. The molecule has 0 bridgehead atoms. The Morgan fingerprint density at radius 2 is 0.990 bits per heavy atom. The number of ketones is 1. The molecule has 0 aromatic carbocycles. The summed E-state index contributed by atoms with van der Waals surface area (Å²) in [6.07, 6.45) is 27.2. The molecule has 104 heavy (non-hydrogen) atoms. The van der Waals surface area contributed by atoms with E-state index in [4.69, 9.17) is 61.3 Å². The van der Waals surface area contributed by atoms with Crippen LogP contribution in [0.5, 0.6) is 0 Å². The number of alkyl halides is 1. The number of ether oxygens (including phenoxy) is 7. The first-order chi connectivity index (χ1) is 50.1. The summed E-state index contributed by atoms with van der Waals surface area (Å²) >= 11 is 0. The highest BCUT2D eigenvalue weighted by Crippen LogP contribution is 2.32. The van der Waals surface area contributed by atoms with Gasteiger partial charge in [0.15, 0.2) is 0 Å². The third-order valence-electron chi connectivity index (χ3n) is 16.3. The van der Waals surface area contributed by atoms with Gasteiger partial charge in [0.05, 0.1) is 74.2 Å². The zero-order valence-electron chi connectivity index (χ0n) is 64.0. The predicted octanol–water partition coefficient (Wildman–Crippen LogP) is 16.0. The van der Waals surface area contributed by atoms with Gasteiger partial charge in [-0.2, -0.15) is 0 Å². The van der Waals surface area contributed by atoms with Crippen molar-refractivity contribution < 1.29 is 62.9 Å². The number of carbonyl (C=O) groups is 5. The van der Waals surface area contributed by atoms with Crippen LogP contribution in [-0.4, -0.2) is 164 Å². The number of aryl methyl sites for hydroxylation is 6. The summed E-state index contributed by atoms with van der Waals surface area (Å²) in [5.74, 6) is 2.78. The van der Waals surface area contributed by atoms with Crippen molar-refractivity contribution in [2.45, 2.75) is 253 Å². The number of esters is 2. The molecule has 2 N–H and O–H groups in total. The van der Waals surface area contributed by atoms with Crippen molar-refractivity contribution >= 4 is 41.5 Å². The summed E-state index contributed by atoms with van der Waals surface area (Å²) in [6.45, 7) is 22.6. The van der Waals surface area contributed by atoms with E-state index in [1.807, 2.05) is 80.2 Å². The second-order valence-corrected chi connectivity index (χ2v) is 27.0. The number of unbranched alkanes of at least 4 members (excludes halogenated alkanes) is 7. The Labute approximate surface area is 618 Å². The molecule has 2 aliphatic rings. The van der Waals surface area contributed by atoms with Crippen LogP contribution in [0.15, 0.2) is 59.3 Å². The number of aromatic nitrogens is 6. The summed E-state index contributed by atoms with van der Waals surface area (Å²) in [4.78, 5) is 99.0. The van der Waals surface area contributed by atoms with E-state index in [1.165, 1.54) is 0 Å². The quantitative estimate of drug-likeness (QED) is 0.0107. The Hall–Kier alpha value is -8.00. The SMILES string of the molecule is C.CCN=[N+]=[N-].CCOC(=O)C[C@H](CCCCCCc1ccc2c(n1)N(C(=O)OC(C)(C)C)CCC2)c1cnc(CCCCC(=O)CCOCCOCCOCCN=[N+]=[N-])nc1.CCOC(=O)C[C@H](CCCCCCc1ccc2c(n1)N(C(=O)OC(C)(C)C)CCC2)c1cnc(CCCN)nc1.[2H]CF. The molecule has 4 aromatic heterocycles. The van der Waals surface area contributed by atoms with E-state index in [-0.39, 0.29) is 49.2 Å². The summed E-state index contributed by atoms with van der Waals surface area (Å²) in [5.41, 5.74) is 26.3. The van der Waals surface area contributed by atoms with Crippen molar-refractivity contribution in [1.82, 2.24) is 29.9 Å². The molecule has 6 heterocycles. The Kier molecular flexibility index (Phi) is 47.4. The molecule has 0 aliphatic carbocycles. The van der Waals surface area contributed by atoms with Gasteiger partial charge < -0.3 is 38.9 Å². The Bertz CT molecular complexity index is 3190. The Balaban J connectivity index is 0.000000668. The molecule has 6 rings (SSSR count). The second-order valence-electron chi connectivity index (χ2n) is 27.0. The first-order valence-electron chi connectivity index (χ1n) is 37.6. The van der Waals surface area contributed by atoms with E-state index in [2.05, 4.69) is 64.3 Å². The van der Waals surface area contributed by atoms with Gasteiger partial charge in [0, 0.05) is 97.9 Å². The maximum atomic E-state index is 12.9. The largest absolute Gasteiger partial charge is 0.466 e. The lowest BCUT2D eigenvalue weighted by Gasteiger charge is -2.31. The van der Waals surface area contributed by atoms with E-state index in [9.17, 15) is 28.4 Å². The van der Waals surface area contributed by atoms with Crippen LogP contribution in [0.4, 0.5) is 25.6 Å². The molecule has 2 amide bonds. The van der Waals surface area contributed by atoms with E-state index >= 15 is 0 Å². The number of anilines is 2. The monoisotopic (exact) mass is 1460 g/mol. The number of hydrogen-bond acceptors (Lipinski definition) is 21. The molecular formula is C76H122FN15O12. The van der Waals surface area contributed by atoms with Crippen LogP contribution < -0.4 is 15.5 Å². The second kappa shape index (κ2) is 54.6. The van der Waals surface area contributed by atoms with Gasteiger partial charge in [0.1, 0.15) is 40.3 Å². The van der Waals surface area contributed by atoms with E-state index in [0.717, 1.165) is 185 Å². The third kappa shape index (κ3) is 39.8. The maximum absolute atomic E-state index is 12.9. The van der Waals surface area contributed by atoms with E-state index in [0.29, 0.717) is 118 Å². The minimum atomic E-state index is -1.00. The molecule has 4 aromatic rings. The molecule has 0 spiro atoms. The number of azide groups is 2. The van der Waals surface area contributed by atoms with E-state index in [1.54, 1.807) is 16.7 Å². The first-order valence-corrected chi connectivity index (χ1v) is 36.9. The Morgan fingerprint density at radius 1 is 0.577 bits per heavy atom. The van der Waals surface area contributed by atoms with Gasteiger partial charge in [-0.15, -0.1) is 0 Å². The van der Waals surface area contributed by atoms with Crippen molar-refractivity contribution in [3.05, 3.63) is 115 Å². The van der Waals surface area contributed by atoms with Crippen molar-refractivity contribution in [1.29, 1.82) is 0 Å². The summed E-state index contributed by atoms with van der Waals surface area (Å²) in [5, 5.41) is 6.54. The van der Waals surface area contributed by atoms with Gasteiger partial charge in [-0.1, -0.05) is 75.2 Å². The fourth-order valence-electron chi connectivity index (χ4n) is 11.3. The fraction of sp³-hybridized carbons (Fsp3) is 0.697. The maximum Gasteiger partial charge on any atom is 0.416 e. The summed E-state index contributed by atoms with van der Waals surface area (Å²) in [6, 6.07) is 8.37. The lowest BCUT2D eigenvalue weighted by Crippen LogP contribution is -2.40. The van der Waals surface area contributed by atoms with Crippen molar-refractivity contribution in [3.63, 3.8) is 0 Å². The summed E-state index contributed by atoms with van der Waals surface area (Å²) in [7, 11) is -1.00. The number of pyridine rings is 2. The van der Waals surface area contributed by atoms with Crippen LogP contribution in [0.2, 0.25) is 0 Å². The number of Topliss-reactive ketones (excluding diaryl/α,β-unsaturated/α-hetero) is 1. The molecule has 2 aliphatic heterocycles. The molecule has 27 nitrogen and oxygen atoms in total. The lowest BCUT2D eigenvalue weighted by atomic mass is 9.92. The smallest absolute Gasteiger partial charge is 0.416 e. The molecule has 2 atom stereocenters.